The number of hydrogen-bond acceptors (Lipinski definition) is 4. The number of piperidine rings is 1. The first-order valence-corrected chi connectivity index (χ1v) is 5.05. The van der Waals surface area contributed by atoms with Gasteiger partial charge in [0.2, 0.25) is 0 Å². The highest BCUT2D eigenvalue weighted by molar-refractivity contribution is 5.46. The third-order valence-corrected chi connectivity index (χ3v) is 2.59. The van der Waals surface area contributed by atoms with Gasteiger partial charge in [0.15, 0.2) is 0 Å². The van der Waals surface area contributed by atoms with Crippen LogP contribution in [-0.2, 0) is 0 Å². The molecule has 14 heavy (non-hydrogen) atoms. The maximum absolute atomic E-state index is 9.22. The Morgan fingerprint density at radius 1 is 1.29 bits per heavy atom. The maximum atomic E-state index is 9.22. The number of aromatic nitrogens is 2. The fourth-order valence-electron chi connectivity index (χ4n) is 1.85. The molecule has 0 bridgehead atoms. The number of anilines is 1. The summed E-state index contributed by atoms with van der Waals surface area (Å²) in [5.41, 5.74) is 1.03. The Kier molecular flexibility index (Phi) is 2.52. The number of nitrogens with zero attached hydrogens (tertiary/aromatic N) is 3. The van der Waals surface area contributed by atoms with Crippen LogP contribution in [0.4, 0.5) is 5.82 Å². The van der Waals surface area contributed by atoms with Crippen molar-refractivity contribution < 1.29 is 5.11 Å². The highest BCUT2D eigenvalue weighted by atomic mass is 16.3. The molecule has 0 aliphatic carbocycles. The van der Waals surface area contributed by atoms with Gasteiger partial charge in [-0.2, -0.15) is 4.98 Å². The van der Waals surface area contributed by atoms with Crippen molar-refractivity contribution in [3.05, 3.63) is 11.8 Å². The standard InChI is InChI=1S/C10H15N3O/c1-8-7-11-10(14)12-9(8)13-5-3-2-4-6-13/h7H,2-6H2,1H3,(H,11,12,14). The van der Waals surface area contributed by atoms with E-state index in [1.807, 2.05) is 6.92 Å². The maximum Gasteiger partial charge on any atom is 0.315 e. The van der Waals surface area contributed by atoms with Gasteiger partial charge in [0, 0.05) is 24.8 Å². The van der Waals surface area contributed by atoms with Gasteiger partial charge in [-0.1, -0.05) is 0 Å². The Morgan fingerprint density at radius 3 is 2.71 bits per heavy atom. The van der Waals surface area contributed by atoms with Crippen molar-refractivity contribution in [1.82, 2.24) is 9.97 Å². The molecule has 0 amide bonds. The minimum atomic E-state index is -0.129. The van der Waals surface area contributed by atoms with E-state index in [0.29, 0.717) is 0 Å². The zero-order chi connectivity index (χ0) is 9.97. The van der Waals surface area contributed by atoms with E-state index in [-0.39, 0.29) is 6.01 Å². The zero-order valence-electron chi connectivity index (χ0n) is 8.40. The van der Waals surface area contributed by atoms with Gasteiger partial charge in [-0.25, -0.2) is 4.98 Å². The Bertz CT molecular complexity index is 321. The van der Waals surface area contributed by atoms with Gasteiger partial charge < -0.3 is 10.0 Å². The van der Waals surface area contributed by atoms with Gasteiger partial charge in [-0.05, 0) is 26.2 Å². The summed E-state index contributed by atoms with van der Waals surface area (Å²) in [5, 5.41) is 9.22. The lowest BCUT2D eigenvalue weighted by atomic mass is 10.1. The molecule has 1 aliphatic rings. The second kappa shape index (κ2) is 3.82. The van der Waals surface area contributed by atoms with Gasteiger partial charge in [-0.3, -0.25) is 0 Å². The quantitative estimate of drug-likeness (QED) is 0.734. The van der Waals surface area contributed by atoms with E-state index in [4.69, 9.17) is 0 Å². The van der Waals surface area contributed by atoms with Crippen LogP contribution in [0.15, 0.2) is 6.20 Å². The lowest BCUT2D eigenvalue weighted by molar-refractivity contribution is 0.428. The van der Waals surface area contributed by atoms with Crippen LogP contribution in [0.5, 0.6) is 6.01 Å². The molecule has 1 saturated heterocycles. The minimum Gasteiger partial charge on any atom is -0.479 e. The third kappa shape index (κ3) is 1.78. The van der Waals surface area contributed by atoms with E-state index >= 15 is 0 Å². The SMILES string of the molecule is Cc1cnc(O)nc1N1CCCCC1. The van der Waals surface area contributed by atoms with Crippen LogP contribution in [0, 0.1) is 6.92 Å². The molecule has 76 valence electrons. The molecule has 0 radical (unpaired) electrons. The molecule has 1 fully saturated rings. The average molecular weight is 193 g/mol. The summed E-state index contributed by atoms with van der Waals surface area (Å²) in [6, 6.07) is -0.129. The van der Waals surface area contributed by atoms with Gasteiger partial charge >= 0.3 is 6.01 Å². The molecule has 0 saturated carbocycles. The topological polar surface area (TPSA) is 49.3 Å². The molecule has 2 rings (SSSR count). The van der Waals surface area contributed by atoms with Crippen molar-refractivity contribution in [3.63, 3.8) is 0 Å². The minimum absolute atomic E-state index is 0.129. The predicted octanol–water partition coefficient (Wildman–Crippen LogP) is 1.48. The molecule has 1 aliphatic heterocycles. The summed E-state index contributed by atoms with van der Waals surface area (Å²) < 4.78 is 0. The van der Waals surface area contributed by atoms with Gasteiger partial charge in [0.05, 0.1) is 0 Å². The van der Waals surface area contributed by atoms with Gasteiger partial charge in [0.25, 0.3) is 0 Å². The van der Waals surface area contributed by atoms with E-state index in [1.54, 1.807) is 6.20 Å². The Hall–Kier alpha value is -1.32. The molecule has 1 N–H and O–H groups in total. The molecule has 2 heterocycles. The molecular formula is C10H15N3O. The summed E-state index contributed by atoms with van der Waals surface area (Å²) in [6.45, 7) is 4.05. The summed E-state index contributed by atoms with van der Waals surface area (Å²) in [5.74, 6) is 0.886. The fourth-order valence-corrected chi connectivity index (χ4v) is 1.85. The summed E-state index contributed by atoms with van der Waals surface area (Å²) >= 11 is 0. The monoisotopic (exact) mass is 193 g/mol. The van der Waals surface area contributed by atoms with Crippen LogP contribution in [0.25, 0.3) is 0 Å². The van der Waals surface area contributed by atoms with Crippen LogP contribution in [0.2, 0.25) is 0 Å². The van der Waals surface area contributed by atoms with Crippen molar-refractivity contribution in [2.24, 2.45) is 0 Å². The second-order valence-corrected chi connectivity index (χ2v) is 3.72. The highest BCUT2D eigenvalue weighted by Gasteiger charge is 2.14. The van der Waals surface area contributed by atoms with Crippen molar-refractivity contribution in [3.8, 4) is 6.01 Å². The molecule has 4 nitrogen and oxygen atoms in total. The van der Waals surface area contributed by atoms with Crippen LogP contribution in [0.1, 0.15) is 24.8 Å². The smallest absolute Gasteiger partial charge is 0.315 e. The largest absolute Gasteiger partial charge is 0.479 e. The van der Waals surface area contributed by atoms with Crippen LogP contribution < -0.4 is 4.90 Å². The Morgan fingerprint density at radius 2 is 2.00 bits per heavy atom. The van der Waals surface area contributed by atoms with Crippen molar-refractivity contribution in [1.29, 1.82) is 0 Å². The first kappa shape index (κ1) is 9.24. The normalized spacial score (nSPS) is 17.1. The van der Waals surface area contributed by atoms with Crippen LogP contribution in [-0.4, -0.2) is 28.2 Å². The van der Waals surface area contributed by atoms with Gasteiger partial charge in [-0.15, -0.1) is 0 Å². The Labute approximate surface area is 83.6 Å². The molecular weight excluding hydrogens is 178 g/mol. The third-order valence-electron chi connectivity index (χ3n) is 2.59. The lowest BCUT2D eigenvalue weighted by Crippen LogP contribution is -2.30. The molecule has 0 unspecified atom stereocenters. The number of rotatable bonds is 1. The van der Waals surface area contributed by atoms with Crippen molar-refractivity contribution in [2.45, 2.75) is 26.2 Å². The lowest BCUT2D eigenvalue weighted by Gasteiger charge is -2.28. The first-order chi connectivity index (χ1) is 6.77. The molecule has 1 aromatic heterocycles. The fraction of sp³-hybridized carbons (Fsp3) is 0.600. The number of aryl methyl sites for hydroxylation is 1. The van der Waals surface area contributed by atoms with Crippen molar-refractivity contribution in [2.75, 3.05) is 18.0 Å². The van der Waals surface area contributed by atoms with Gasteiger partial charge in [0.1, 0.15) is 5.82 Å². The van der Waals surface area contributed by atoms with E-state index in [0.717, 1.165) is 24.5 Å². The second-order valence-electron chi connectivity index (χ2n) is 3.72. The molecule has 0 spiro atoms. The van der Waals surface area contributed by atoms with E-state index in [2.05, 4.69) is 14.9 Å². The first-order valence-electron chi connectivity index (χ1n) is 5.05. The van der Waals surface area contributed by atoms with Crippen LogP contribution in [0.3, 0.4) is 0 Å². The molecule has 4 heteroatoms. The van der Waals surface area contributed by atoms with E-state index < -0.39 is 0 Å². The molecule has 0 atom stereocenters. The number of aromatic hydroxyl groups is 1. The summed E-state index contributed by atoms with van der Waals surface area (Å²) in [4.78, 5) is 10.0. The molecule has 0 aromatic carbocycles. The summed E-state index contributed by atoms with van der Waals surface area (Å²) in [6.07, 6.45) is 5.40. The highest BCUT2D eigenvalue weighted by Crippen LogP contribution is 2.21. The molecule has 1 aromatic rings. The van der Waals surface area contributed by atoms with E-state index in [1.165, 1.54) is 19.3 Å². The van der Waals surface area contributed by atoms with E-state index in [9.17, 15) is 5.11 Å². The predicted molar refractivity (Wildman–Crippen MR) is 54.5 cm³/mol. The number of hydrogen-bond donors (Lipinski definition) is 1. The summed E-state index contributed by atoms with van der Waals surface area (Å²) in [7, 11) is 0. The van der Waals surface area contributed by atoms with Crippen LogP contribution >= 0.6 is 0 Å². The average Bonchev–Trinajstić information content (AvgIpc) is 2.23. The Balaban J connectivity index is 2.24. The zero-order valence-corrected chi connectivity index (χ0v) is 8.40. The van der Waals surface area contributed by atoms with Crippen molar-refractivity contribution >= 4 is 5.82 Å².